The number of aliphatic hydroxyl groups is 2. The van der Waals surface area contributed by atoms with Crippen LogP contribution in [0.3, 0.4) is 0 Å². The summed E-state index contributed by atoms with van der Waals surface area (Å²) in [7, 11) is 0. The number of anilines is 1. The standard InChI is InChI=1S/C9H10F2N6O4/c10-9(11)5(19)8(3-18,15-16-13)21-6(9)17-2-1-4(12)14-7(17)20/h1-2,5-6,18-19H,3H2,(H2,12,14,20)/t5-,6-,8?/m1/s1. The van der Waals surface area contributed by atoms with E-state index in [4.69, 9.17) is 21.1 Å². The molecule has 4 N–H and O–H groups in total. The third-order valence-electron chi connectivity index (χ3n) is 2.98. The lowest BCUT2D eigenvalue weighted by Crippen LogP contribution is -2.47. The van der Waals surface area contributed by atoms with Crippen LogP contribution in [0.2, 0.25) is 0 Å². The molecule has 1 aliphatic heterocycles. The van der Waals surface area contributed by atoms with Crippen molar-refractivity contribution in [2.24, 2.45) is 5.11 Å². The molecule has 0 amide bonds. The average molecular weight is 304 g/mol. The van der Waals surface area contributed by atoms with Crippen molar-refractivity contribution in [2.45, 2.75) is 24.0 Å². The predicted molar refractivity (Wildman–Crippen MR) is 62.9 cm³/mol. The van der Waals surface area contributed by atoms with E-state index in [-0.39, 0.29) is 5.82 Å². The second kappa shape index (κ2) is 4.93. The number of ether oxygens (including phenoxy) is 1. The lowest BCUT2D eigenvalue weighted by Gasteiger charge is -2.23. The number of rotatable bonds is 3. The first-order chi connectivity index (χ1) is 9.78. The largest absolute Gasteiger partial charge is 0.393 e. The van der Waals surface area contributed by atoms with Gasteiger partial charge in [0.1, 0.15) is 5.82 Å². The number of aliphatic hydroxyl groups excluding tert-OH is 2. The molecule has 21 heavy (non-hydrogen) atoms. The summed E-state index contributed by atoms with van der Waals surface area (Å²) in [4.78, 5) is 17.1. The van der Waals surface area contributed by atoms with Crippen LogP contribution < -0.4 is 11.4 Å². The molecule has 1 aromatic rings. The van der Waals surface area contributed by atoms with Gasteiger partial charge in [0.25, 0.3) is 0 Å². The monoisotopic (exact) mass is 304 g/mol. The van der Waals surface area contributed by atoms with Crippen LogP contribution in [0.5, 0.6) is 0 Å². The fourth-order valence-electron chi connectivity index (χ4n) is 1.93. The smallest absolute Gasteiger partial charge is 0.351 e. The Morgan fingerprint density at radius 1 is 1.67 bits per heavy atom. The van der Waals surface area contributed by atoms with Gasteiger partial charge in [0.2, 0.25) is 12.0 Å². The lowest BCUT2D eigenvalue weighted by atomic mass is 10.1. The Bertz CT molecular complexity index is 660. The Morgan fingerprint density at radius 3 is 2.86 bits per heavy atom. The first-order valence-electron chi connectivity index (χ1n) is 5.54. The van der Waals surface area contributed by atoms with Gasteiger partial charge in [-0.25, -0.2) is 4.79 Å². The molecule has 114 valence electrons. The van der Waals surface area contributed by atoms with Crippen LogP contribution in [0, 0.1) is 0 Å². The number of nitrogen functional groups attached to an aromatic ring is 1. The number of alkyl halides is 2. The normalized spacial score (nSPS) is 30.9. The van der Waals surface area contributed by atoms with Gasteiger partial charge in [-0.3, -0.25) is 4.57 Å². The molecular formula is C9H10F2N6O4. The summed E-state index contributed by atoms with van der Waals surface area (Å²) in [6, 6.07) is 1.07. The Morgan fingerprint density at radius 2 is 2.33 bits per heavy atom. The van der Waals surface area contributed by atoms with Crippen LogP contribution in [0.1, 0.15) is 6.23 Å². The van der Waals surface area contributed by atoms with Crippen molar-refractivity contribution in [3.8, 4) is 0 Å². The molecule has 1 saturated heterocycles. The fraction of sp³-hybridized carbons (Fsp3) is 0.556. The maximum absolute atomic E-state index is 14.1. The molecule has 0 saturated carbocycles. The van der Waals surface area contributed by atoms with Gasteiger partial charge < -0.3 is 20.7 Å². The van der Waals surface area contributed by atoms with Gasteiger partial charge in [0.15, 0.2) is 6.10 Å². The second-order valence-electron chi connectivity index (χ2n) is 4.28. The predicted octanol–water partition coefficient (Wildman–Crippen LogP) is -0.651. The summed E-state index contributed by atoms with van der Waals surface area (Å²) in [6.45, 7) is -1.21. The number of nitrogens with two attached hydrogens (primary N) is 1. The highest BCUT2D eigenvalue weighted by molar-refractivity contribution is 5.24. The molecule has 0 aliphatic carbocycles. The van der Waals surface area contributed by atoms with Crippen LogP contribution in [0.4, 0.5) is 14.6 Å². The Hall–Kier alpha value is -2.27. The molecule has 1 unspecified atom stereocenters. The fourth-order valence-corrected chi connectivity index (χ4v) is 1.93. The summed E-state index contributed by atoms with van der Waals surface area (Å²) in [5.74, 6) is -4.21. The topological polar surface area (TPSA) is 159 Å². The van der Waals surface area contributed by atoms with Gasteiger partial charge in [0, 0.05) is 11.1 Å². The minimum Gasteiger partial charge on any atom is -0.393 e. The van der Waals surface area contributed by atoms with Crippen LogP contribution in [-0.2, 0) is 4.74 Å². The van der Waals surface area contributed by atoms with Gasteiger partial charge in [0.05, 0.1) is 6.61 Å². The molecule has 0 spiro atoms. The number of hydrogen-bond acceptors (Lipinski definition) is 7. The molecule has 12 heteroatoms. The van der Waals surface area contributed by atoms with Gasteiger partial charge in [-0.1, -0.05) is 5.11 Å². The SMILES string of the molecule is [N-]=[N+]=NC1(CO)O[C@@H](n2ccc(N)nc2=O)C(F)(F)[C@@H]1O. The molecule has 2 heterocycles. The van der Waals surface area contributed by atoms with Crippen LogP contribution in [0.15, 0.2) is 22.2 Å². The van der Waals surface area contributed by atoms with Crippen molar-refractivity contribution in [3.05, 3.63) is 33.2 Å². The van der Waals surface area contributed by atoms with E-state index in [0.717, 1.165) is 12.3 Å². The zero-order valence-corrected chi connectivity index (χ0v) is 10.3. The minimum absolute atomic E-state index is 0.193. The van der Waals surface area contributed by atoms with E-state index < -0.39 is 36.3 Å². The van der Waals surface area contributed by atoms with Crippen molar-refractivity contribution in [3.63, 3.8) is 0 Å². The summed E-state index contributed by atoms with van der Waals surface area (Å²) < 4.78 is 33.3. The molecule has 10 nitrogen and oxygen atoms in total. The third-order valence-corrected chi connectivity index (χ3v) is 2.98. The Labute approximate surface area is 115 Å². The van der Waals surface area contributed by atoms with E-state index in [1.165, 1.54) is 0 Å². The van der Waals surface area contributed by atoms with Crippen molar-refractivity contribution in [1.29, 1.82) is 0 Å². The van der Waals surface area contributed by atoms with Gasteiger partial charge in [-0.15, -0.1) is 0 Å². The van der Waals surface area contributed by atoms with E-state index in [0.29, 0.717) is 4.57 Å². The van der Waals surface area contributed by atoms with E-state index in [9.17, 15) is 18.7 Å². The Kier molecular flexibility index (Phi) is 3.55. The number of azide groups is 1. The van der Waals surface area contributed by atoms with Crippen LogP contribution in [-0.4, -0.2) is 44.1 Å². The quantitative estimate of drug-likeness (QED) is 0.382. The van der Waals surface area contributed by atoms with Crippen molar-refractivity contribution >= 4 is 5.82 Å². The van der Waals surface area contributed by atoms with Crippen molar-refractivity contribution in [2.75, 3.05) is 12.3 Å². The highest BCUT2D eigenvalue weighted by atomic mass is 19.3. The summed E-state index contributed by atoms with van der Waals surface area (Å²) in [5, 5.41) is 21.6. The number of halogens is 2. The molecule has 0 aromatic carbocycles. The van der Waals surface area contributed by atoms with Gasteiger partial charge in [-0.2, -0.15) is 13.8 Å². The van der Waals surface area contributed by atoms with Gasteiger partial charge >= 0.3 is 11.6 Å². The van der Waals surface area contributed by atoms with E-state index in [1.807, 2.05) is 0 Å². The highest BCUT2D eigenvalue weighted by Gasteiger charge is 2.67. The first kappa shape index (κ1) is 15.1. The third kappa shape index (κ3) is 2.19. The molecule has 0 bridgehead atoms. The number of aromatic nitrogens is 2. The maximum Gasteiger partial charge on any atom is 0.351 e. The van der Waals surface area contributed by atoms with E-state index in [2.05, 4.69) is 15.0 Å². The van der Waals surface area contributed by atoms with Crippen molar-refractivity contribution in [1.82, 2.24) is 9.55 Å². The Balaban J connectivity index is 2.55. The van der Waals surface area contributed by atoms with Gasteiger partial charge in [-0.05, 0) is 11.6 Å². The first-order valence-corrected chi connectivity index (χ1v) is 5.54. The summed E-state index contributed by atoms with van der Waals surface area (Å²) in [6.07, 6.45) is -4.08. The van der Waals surface area contributed by atoms with E-state index >= 15 is 0 Å². The molecule has 3 atom stereocenters. The number of hydrogen-bond donors (Lipinski definition) is 3. The maximum atomic E-state index is 14.1. The molecule has 0 radical (unpaired) electrons. The summed E-state index contributed by atoms with van der Waals surface area (Å²) >= 11 is 0. The second-order valence-corrected chi connectivity index (χ2v) is 4.28. The van der Waals surface area contributed by atoms with Crippen LogP contribution in [0.25, 0.3) is 10.4 Å². The zero-order valence-electron chi connectivity index (χ0n) is 10.3. The highest BCUT2D eigenvalue weighted by Crippen LogP contribution is 2.48. The molecule has 2 rings (SSSR count). The van der Waals surface area contributed by atoms with Crippen LogP contribution >= 0.6 is 0 Å². The zero-order chi connectivity index (χ0) is 15.8. The average Bonchev–Trinajstić information content (AvgIpc) is 2.61. The number of nitrogens with zero attached hydrogens (tertiary/aromatic N) is 5. The molecule has 1 aliphatic rings. The molecule has 1 aromatic heterocycles. The lowest BCUT2D eigenvalue weighted by molar-refractivity contribution is -0.144. The van der Waals surface area contributed by atoms with Crippen molar-refractivity contribution < 1.29 is 23.7 Å². The molecule has 1 fully saturated rings. The minimum atomic E-state index is -4.02. The summed E-state index contributed by atoms with van der Waals surface area (Å²) in [5.41, 5.74) is 9.85. The molecular weight excluding hydrogens is 294 g/mol. The van der Waals surface area contributed by atoms with E-state index in [1.54, 1.807) is 0 Å².